The lowest BCUT2D eigenvalue weighted by Crippen LogP contribution is -2.33. The van der Waals surface area contributed by atoms with Crippen LogP contribution in [0.2, 0.25) is 0 Å². The van der Waals surface area contributed by atoms with Gasteiger partial charge in [-0.05, 0) is 74.9 Å². The number of hydrogen-bond donors (Lipinski definition) is 0. The first-order chi connectivity index (χ1) is 16.3. The molecule has 3 rings (SSSR count). The molecule has 0 saturated heterocycles. The van der Waals surface area contributed by atoms with E-state index in [1.165, 1.54) is 34.9 Å². The quantitative estimate of drug-likeness (QED) is 0.141. The molecule has 0 aromatic heterocycles. The summed E-state index contributed by atoms with van der Waals surface area (Å²) in [4.78, 5) is 0. The van der Waals surface area contributed by atoms with Crippen molar-refractivity contribution in [2.45, 2.75) is 58.7 Å². The van der Waals surface area contributed by atoms with Crippen LogP contribution in [0.25, 0.3) is 0 Å². The van der Waals surface area contributed by atoms with Gasteiger partial charge in [0.05, 0.1) is 6.16 Å². The molecule has 0 aliphatic heterocycles. The second-order valence-electron chi connectivity index (χ2n) is 8.56. The first-order valence-electron chi connectivity index (χ1n) is 12.6. The summed E-state index contributed by atoms with van der Waals surface area (Å²) in [5.74, 6) is 0. The molecule has 3 aromatic carbocycles. The lowest BCUT2D eigenvalue weighted by Gasteiger charge is -2.28. The molecule has 0 aliphatic rings. The highest BCUT2D eigenvalue weighted by atomic mass is 31.2. The summed E-state index contributed by atoms with van der Waals surface area (Å²) in [5, 5.41) is 4.41. The minimum absolute atomic E-state index is 0.0539. The number of rotatable bonds is 15. The van der Waals surface area contributed by atoms with Crippen molar-refractivity contribution in [2.75, 3.05) is 19.4 Å². The van der Waals surface area contributed by atoms with Crippen molar-refractivity contribution in [3.63, 3.8) is 0 Å². The Kier molecular flexibility index (Phi) is 11.1. The molecule has 0 saturated carbocycles. The van der Waals surface area contributed by atoms with Crippen molar-refractivity contribution >= 4 is 23.2 Å². The van der Waals surface area contributed by atoms with Gasteiger partial charge in [-0.25, -0.2) is 0 Å². The summed E-state index contributed by atoms with van der Waals surface area (Å²) < 4.78 is 11.9. The van der Waals surface area contributed by atoms with Gasteiger partial charge in [-0.1, -0.05) is 68.4 Å². The molecule has 0 amide bonds. The van der Waals surface area contributed by atoms with E-state index in [2.05, 4.69) is 105 Å². The Bertz CT molecular complexity index is 778. The molecule has 0 radical (unpaired) electrons. The lowest BCUT2D eigenvalue weighted by molar-refractivity contribution is -0.146. The topological polar surface area (TPSA) is 18.5 Å². The highest BCUT2D eigenvalue weighted by molar-refractivity contribution is 7.95. The fourth-order valence-corrected chi connectivity index (χ4v) is 8.84. The van der Waals surface area contributed by atoms with Gasteiger partial charge < -0.3 is 9.47 Å². The number of benzene rings is 3. The predicted octanol–water partition coefficient (Wildman–Crippen LogP) is 6.72. The van der Waals surface area contributed by atoms with Crippen LogP contribution < -0.4 is 15.9 Å². The summed E-state index contributed by atoms with van der Waals surface area (Å²) in [7, 11) is -1.71. The van der Waals surface area contributed by atoms with Gasteiger partial charge in [-0.3, -0.25) is 0 Å². The molecule has 0 unspecified atom stereocenters. The van der Waals surface area contributed by atoms with Gasteiger partial charge in [0.15, 0.2) is 6.29 Å². The zero-order valence-corrected chi connectivity index (χ0v) is 21.3. The van der Waals surface area contributed by atoms with E-state index in [4.69, 9.17) is 9.47 Å². The zero-order chi connectivity index (χ0) is 23.2. The number of unbranched alkanes of at least 4 members (excludes halogenated alkanes) is 2. The summed E-state index contributed by atoms with van der Waals surface area (Å²) in [5.41, 5.74) is 0. The molecule has 2 nitrogen and oxygen atoms in total. The molecular formula is C30H40O2P+. The Morgan fingerprint density at radius 1 is 0.576 bits per heavy atom. The second kappa shape index (κ2) is 14.3. The molecule has 0 bridgehead atoms. The predicted molar refractivity (Wildman–Crippen MR) is 145 cm³/mol. The third-order valence-corrected chi connectivity index (χ3v) is 10.6. The summed E-state index contributed by atoms with van der Waals surface area (Å²) in [6.45, 7) is 5.85. The first kappa shape index (κ1) is 25.6. The van der Waals surface area contributed by atoms with Gasteiger partial charge in [0.25, 0.3) is 0 Å². The van der Waals surface area contributed by atoms with Crippen LogP contribution in [0.1, 0.15) is 52.4 Å². The number of ether oxygens (including phenoxy) is 2. The van der Waals surface area contributed by atoms with Crippen LogP contribution in [-0.4, -0.2) is 25.7 Å². The Balaban J connectivity index is 1.77. The minimum Gasteiger partial charge on any atom is -0.353 e. The molecule has 0 fully saturated rings. The van der Waals surface area contributed by atoms with E-state index in [0.717, 1.165) is 38.9 Å². The monoisotopic (exact) mass is 463 g/mol. The van der Waals surface area contributed by atoms with Gasteiger partial charge >= 0.3 is 0 Å². The van der Waals surface area contributed by atoms with E-state index in [0.29, 0.717) is 0 Å². The molecule has 0 N–H and O–H groups in total. The lowest BCUT2D eigenvalue weighted by atomic mass is 10.2. The van der Waals surface area contributed by atoms with E-state index in [1.807, 2.05) is 0 Å². The van der Waals surface area contributed by atoms with Crippen molar-refractivity contribution in [2.24, 2.45) is 0 Å². The SMILES string of the molecule is CCCOC(CCCCC[P+](c1ccccc1)(c1ccccc1)c1ccccc1)OCCC. The molecule has 33 heavy (non-hydrogen) atoms. The van der Waals surface area contributed by atoms with Gasteiger partial charge in [-0.2, -0.15) is 0 Å². The Labute approximate surface area is 201 Å². The maximum Gasteiger partial charge on any atom is 0.157 e. The van der Waals surface area contributed by atoms with E-state index in [9.17, 15) is 0 Å². The van der Waals surface area contributed by atoms with Crippen molar-refractivity contribution < 1.29 is 9.47 Å². The van der Waals surface area contributed by atoms with Gasteiger partial charge in [0.1, 0.15) is 23.2 Å². The number of hydrogen-bond acceptors (Lipinski definition) is 2. The average Bonchev–Trinajstić information content (AvgIpc) is 2.89. The Morgan fingerprint density at radius 2 is 1.00 bits per heavy atom. The summed E-state index contributed by atoms with van der Waals surface area (Å²) in [6.07, 6.45) is 7.69. The Hall–Kier alpha value is -1.99. The van der Waals surface area contributed by atoms with Crippen LogP contribution >= 0.6 is 7.26 Å². The largest absolute Gasteiger partial charge is 0.353 e. The smallest absolute Gasteiger partial charge is 0.157 e. The standard InChI is InChI=1S/C30H40O2P/c1-3-24-31-30(32-25-4-2)23-15-8-16-26-33(27-17-9-5-10-18-27,28-19-11-6-12-20-28)29-21-13-7-14-22-29/h5-7,9-14,17-22,30H,3-4,8,15-16,23-26H2,1-2H3/q+1. The first-order valence-corrected chi connectivity index (χ1v) is 14.6. The van der Waals surface area contributed by atoms with Crippen LogP contribution in [-0.2, 0) is 9.47 Å². The van der Waals surface area contributed by atoms with Crippen LogP contribution in [0.5, 0.6) is 0 Å². The van der Waals surface area contributed by atoms with Crippen LogP contribution in [0.3, 0.4) is 0 Å². The fourth-order valence-electron chi connectivity index (χ4n) is 4.43. The molecule has 0 aliphatic carbocycles. The van der Waals surface area contributed by atoms with Crippen LogP contribution in [0, 0.1) is 0 Å². The summed E-state index contributed by atoms with van der Waals surface area (Å²) in [6, 6.07) is 33.5. The van der Waals surface area contributed by atoms with E-state index in [-0.39, 0.29) is 6.29 Å². The maximum atomic E-state index is 5.93. The van der Waals surface area contributed by atoms with E-state index >= 15 is 0 Å². The highest BCUT2D eigenvalue weighted by Gasteiger charge is 2.44. The van der Waals surface area contributed by atoms with Gasteiger partial charge in [-0.15, -0.1) is 0 Å². The van der Waals surface area contributed by atoms with Crippen LogP contribution in [0.4, 0.5) is 0 Å². The molecule has 0 spiro atoms. The van der Waals surface area contributed by atoms with E-state index in [1.54, 1.807) is 0 Å². The average molecular weight is 464 g/mol. The molecule has 0 heterocycles. The molecule has 176 valence electrons. The molecule has 3 heteroatoms. The summed E-state index contributed by atoms with van der Waals surface area (Å²) >= 11 is 0. The van der Waals surface area contributed by atoms with Crippen LogP contribution in [0.15, 0.2) is 91.0 Å². The van der Waals surface area contributed by atoms with Crippen molar-refractivity contribution in [3.05, 3.63) is 91.0 Å². The van der Waals surface area contributed by atoms with E-state index < -0.39 is 7.26 Å². The normalized spacial score (nSPS) is 11.7. The van der Waals surface area contributed by atoms with Gasteiger partial charge in [0, 0.05) is 13.2 Å². The third-order valence-electron chi connectivity index (χ3n) is 6.04. The van der Waals surface area contributed by atoms with Crippen molar-refractivity contribution in [3.8, 4) is 0 Å². The molecular weight excluding hydrogens is 423 g/mol. The highest BCUT2D eigenvalue weighted by Crippen LogP contribution is 2.55. The fraction of sp³-hybridized carbons (Fsp3) is 0.400. The van der Waals surface area contributed by atoms with Crippen molar-refractivity contribution in [1.82, 2.24) is 0 Å². The minimum atomic E-state index is -1.71. The van der Waals surface area contributed by atoms with Gasteiger partial charge in [0.2, 0.25) is 0 Å². The van der Waals surface area contributed by atoms with Crippen molar-refractivity contribution in [1.29, 1.82) is 0 Å². The maximum absolute atomic E-state index is 5.93. The zero-order valence-electron chi connectivity index (χ0n) is 20.4. The molecule has 3 aromatic rings. The third kappa shape index (κ3) is 7.24. The molecule has 0 atom stereocenters. The second-order valence-corrected chi connectivity index (χ2v) is 12.2. The Morgan fingerprint density at radius 3 is 1.39 bits per heavy atom.